The number of rotatable bonds is 1. The number of hydrogen-bond donors (Lipinski definition) is 0. The first-order valence-corrected chi connectivity index (χ1v) is 6.02. The largest absolute Gasteiger partial charge is 0.0701 e. The average molecular weight is 212 g/mol. The highest BCUT2D eigenvalue weighted by molar-refractivity contribution is 5.70. The molecule has 0 N–H and O–H groups in total. The summed E-state index contributed by atoms with van der Waals surface area (Å²) < 4.78 is 0. The monoisotopic (exact) mass is 212 g/mol. The summed E-state index contributed by atoms with van der Waals surface area (Å²) in [6.45, 7) is 8.82. The summed E-state index contributed by atoms with van der Waals surface area (Å²) in [5.74, 6) is 0. The highest BCUT2D eigenvalue weighted by atomic mass is 14.1. The standard InChI is InChI=1S/C16H20/c1-11-5-7-15(9-13(11)3)16-8-6-12(2)14(4)10-16/h5,7,9-10H,6,8H2,1-4H3. The van der Waals surface area contributed by atoms with Gasteiger partial charge in [0.2, 0.25) is 0 Å². The molecule has 1 aromatic rings. The van der Waals surface area contributed by atoms with Crippen molar-refractivity contribution in [2.75, 3.05) is 0 Å². The molecule has 84 valence electrons. The van der Waals surface area contributed by atoms with E-state index in [9.17, 15) is 0 Å². The van der Waals surface area contributed by atoms with Gasteiger partial charge in [0.1, 0.15) is 0 Å². The van der Waals surface area contributed by atoms with E-state index in [1.165, 1.54) is 46.3 Å². The van der Waals surface area contributed by atoms with E-state index >= 15 is 0 Å². The van der Waals surface area contributed by atoms with Crippen molar-refractivity contribution in [2.24, 2.45) is 0 Å². The quantitative estimate of drug-likeness (QED) is 0.626. The third-order valence-corrected chi connectivity index (χ3v) is 3.71. The Morgan fingerprint density at radius 2 is 1.62 bits per heavy atom. The first kappa shape index (κ1) is 11.2. The Labute approximate surface area is 98.7 Å². The smallest absolute Gasteiger partial charge is 0.0221 e. The highest BCUT2D eigenvalue weighted by Gasteiger charge is 2.09. The molecular formula is C16H20. The number of allylic oxidation sites excluding steroid dienone is 4. The lowest BCUT2D eigenvalue weighted by molar-refractivity contribution is 0.954. The van der Waals surface area contributed by atoms with E-state index < -0.39 is 0 Å². The zero-order valence-electron chi connectivity index (χ0n) is 10.7. The first-order chi connectivity index (χ1) is 7.58. The van der Waals surface area contributed by atoms with E-state index in [0.717, 1.165) is 0 Å². The zero-order chi connectivity index (χ0) is 11.7. The summed E-state index contributed by atoms with van der Waals surface area (Å²) in [5.41, 5.74) is 8.64. The van der Waals surface area contributed by atoms with Crippen LogP contribution in [0.25, 0.3) is 5.57 Å². The Balaban J connectivity index is 2.39. The molecule has 0 spiro atoms. The number of aryl methyl sites for hydroxylation is 2. The third-order valence-electron chi connectivity index (χ3n) is 3.71. The molecule has 0 bridgehead atoms. The van der Waals surface area contributed by atoms with E-state index in [2.05, 4.69) is 52.0 Å². The predicted molar refractivity (Wildman–Crippen MR) is 71.5 cm³/mol. The molecule has 1 aliphatic rings. The maximum atomic E-state index is 2.35. The molecule has 16 heavy (non-hydrogen) atoms. The van der Waals surface area contributed by atoms with E-state index in [-0.39, 0.29) is 0 Å². The highest BCUT2D eigenvalue weighted by Crippen LogP contribution is 2.30. The summed E-state index contributed by atoms with van der Waals surface area (Å²) in [6.07, 6.45) is 4.75. The number of hydrogen-bond acceptors (Lipinski definition) is 0. The minimum atomic E-state index is 1.19. The molecule has 0 amide bonds. The van der Waals surface area contributed by atoms with Crippen LogP contribution < -0.4 is 0 Å². The molecule has 0 heteroatoms. The average Bonchev–Trinajstić information content (AvgIpc) is 2.26. The van der Waals surface area contributed by atoms with E-state index in [4.69, 9.17) is 0 Å². The Bertz CT molecular complexity index is 473. The molecule has 1 aliphatic carbocycles. The van der Waals surface area contributed by atoms with Gasteiger partial charge in [-0.1, -0.05) is 35.4 Å². The van der Waals surface area contributed by atoms with Gasteiger partial charge in [-0.2, -0.15) is 0 Å². The van der Waals surface area contributed by atoms with Crippen molar-refractivity contribution < 1.29 is 0 Å². The van der Waals surface area contributed by atoms with Gasteiger partial charge in [-0.05, 0) is 62.8 Å². The van der Waals surface area contributed by atoms with Gasteiger partial charge in [0.15, 0.2) is 0 Å². The Morgan fingerprint density at radius 3 is 2.25 bits per heavy atom. The summed E-state index contributed by atoms with van der Waals surface area (Å²) >= 11 is 0. The Hall–Kier alpha value is -1.30. The minimum absolute atomic E-state index is 1.19. The fraction of sp³-hybridized carbons (Fsp3) is 0.375. The molecule has 0 heterocycles. The maximum Gasteiger partial charge on any atom is -0.0221 e. The van der Waals surface area contributed by atoms with E-state index in [1.807, 2.05) is 0 Å². The van der Waals surface area contributed by atoms with Crippen LogP contribution in [0.4, 0.5) is 0 Å². The van der Waals surface area contributed by atoms with Crippen LogP contribution in [0.15, 0.2) is 35.4 Å². The third kappa shape index (κ3) is 2.11. The van der Waals surface area contributed by atoms with Crippen molar-refractivity contribution in [1.82, 2.24) is 0 Å². The predicted octanol–water partition coefficient (Wildman–Crippen LogP) is 4.82. The molecule has 2 rings (SSSR count). The second-order valence-electron chi connectivity index (χ2n) is 4.93. The minimum Gasteiger partial charge on any atom is -0.0701 e. The second kappa shape index (κ2) is 4.29. The van der Waals surface area contributed by atoms with Crippen molar-refractivity contribution >= 4 is 5.57 Å². The summed E-state index contributed by atoms with van der Waals surface area (Å²) in [4.78, 5) is 0. The zero-order valence-corrected chi connectivity index (χ0v) is 10.7. The summed E-state index contributed by atoms with van der Waals surface area (Å²) in [7, 11) is 0. The lowest BCUT2D eigenvalue weighted by atomic mass is 9.89. The van der Waals surface area contributed by atoms with Crippen molar-refractivity contribution in [3.63, 3.8) is 0 Å². The van der Waals surface area contributed by atoms with Crippen molar-refractivity contribution in [1.29, 1.82) is 0 Å². The Kier molecular flexibility index (Phi) is 3.00. The molecule has 0 aliphatic heterocycles. The molecule has 0 fully saturated rings. The van der Waals surface area contributed by atoms with Crippen molar-refractivity contribution in [2.45, 2.75) is 40.5 Å². The van der Waals surface area contributed by atoms with Crippen LogP contribution in [0.3, 0.4) is 0 Å². The molecule has 0 saturated heterocycles. The van der Waals surface area contributed by atoms with E-state index in [0.29, 0.717) is 0 Å². The van der Waals surface area contributed by atoms with Gasteiger partial charge < -0.3 is 0 Å². The van der Waals surface area contributed by atoms with Gasteiger partial charge in [0.05, 0.1) is 0 Å². The van der Waals surface area contributed by atoms with Crippen LogP contribution in [0.1, 0.15) is 43.4 Å². The molecule has 0 saturated carbocycles. The van der Waals surface area contributed by atoms with Gasteiger partial charge in [0.25, 0.3) is 0 Å². The van der Waals surface area contributed by atoms with Crippen LogP contribution in [0.2, 0.25) is 0 Å². The van der Waals surface area contributed by atoms with Gasteiger partial charge in [-0.15, -0.1) is 0 Å². The topological polar surface area (TPSA) is 0 Å². The summed E-state index contributed by atoms with van der Waals surface area (Å²) in [6, 6.07) is 6.79. The van der Waals surface area contributed by atoms with Crippen molar-refractivity contribution in [3.8, 4) is 0 Å². The van der Waals surface area contributed by atoms with Crippen molar-refractivity contribution in [3.05, 3.63) is 52.1 Å². The van der Waals surface area contributed by atoms with Gasteiger partial charge >= 0.3 is 0 Å². The molecule has 0 unspecified atom stereocenters. The molecular weight excluding hydrogens is 192 g/mol. The van der Waals surface area contributed by atoms with Crippen LogP contribution >= 0.6 is 0 Å². The van der Waals surface area contributed by atoms with Gasteiger partial charge in [-0.25, -0.2) is 0 Å². The first-order valence-electron chi connectivity index (χ1n) is 6.02. The SMILES string of the molecule is CC1=C(C)CCC(c2ccc(C)c(C)c2)=C1. The molecule has 0 radical (unpaired) electrons. The summed E-state index contributed by atoms with van der Waals surface area (Å²) in [5, 5.41) is 0. The lowest BCUT2D eigenvalue weighted by Gasteiger charge is -2.16. The van der Waals surface area contributed by atoms with Gasteiger partial charge in [-0.3, -0.25) is 0 Å². The van der Waals surface area contributed by atoms with Crippen LogP contribution in [-0.4, -0.2) is 0 Å². The fourth-order valence-corrected chi connectivity index (χ4v) is 2.14. The van der Waals surface area contributed by atoms with Crippen LogP contribution in [-0.2, 0) is 0 Å². The second-order valence-corrected chi connectivity index (χ2v) is 4.93. The lowest BCUT2D eigenvalue weighted by Crippen LogP contribution is -1.96. The normalized spacial score (nSPS) is 16.4. The van der Waals surface area contributed by atoms with Gasteiger partial charge in [0, 0.05) is 0 Å². The molecule has 1 aromatic carbocycles. The van der Waals surface area contributed by atoms with E-state index in [1.54, 1.807) is 0 Å². The molecule has 0 aromatic heterocycles. The molecule has 0 atom stereocenters. The Morgan fingerprint density at radius 1 is 0.875 bits per heavy atom. The van der Waals surface area contributed by atoms with Crippen LogP contribution in [0.5, 0.6) is 0 Å². The fourth-order valence-electron chi connectivity index (χ4n) is 2.14. The van der Waals surface area contributed by atoms with Crippen LogP contribution in [0, 0.1) is 13.8 Å². The maximum absolute atomic E-state index is 2.35. The molecule has 0 nitrogen and oxygen atoms in total. The number of benzene rings is 1.